The van der Waals surface area contributed by atoms with Crippen LogP contribution in [-0.4, -0.2) is 20.2 Å². The summed E-state index contributed by atoms with van der Waals surface area (Å²) in [6, 6.07) is 12.7. The fourth-order valence-corrected chi connectivity index (χ4v) is 2.60. The highest BCUT2D eigenvalue weighted by Crippen LogP contribution is 2.28. The van der Waals surface area contributed by atoms with Crippen LogP contribution in [0, 0.1) is 0 Å². The number of ether oxygens (including phenoxy) is 3. The maximum Gasteiger partial charge on any atom is 0.311 e. The van der Waals surface area contributed by atoms with Gasteiger partial charge in [0.25, 0.3) is 0 Å². The molecule has 0 aromatic heterocycles. The molecule has 0 fully saturated rings. The summed E-state index contributed by atoms with van der Waals surface area (Å²) in [5.41, 5.74) is 1.71. The van der Waals surface area contributed by atoms with Crippen molar-refractivity contribution in [1.29, 1.82) is 0 Å². The summed E-state index contributed by atoms with van der Waals surface area (Å²) in [6.45, 7) is 1.72. The Labute approximate surface area is 156 Å². The van der Waals surface area contributed by atoms with Crippen molar-refractivity contribution in [3.05, 3.63) is 74.3 Å². The second kappa shape index (κ2) is 7.91. The largest absolute Gasteiger partial charge is 0.497 e. The molecular weight excluding hydrogens is 344 g/mol. The number of benzene rings is 2. The summed E-state index contributed by atoms with van der Waals surface area (Å²) in [6.07, 6.45) is 3.91. The zero-order chi connectivity index (χ0) is 19.4. The number of methoxy groups -OCH3 is 2. The molecule has 0 spiro atoms. The van der Waals surface area contributed by atoms with E-state index < -0.39 is 0 Å². The Hall–Kier alpha value is -3.34. The normalized spacial score (nSPS) is 12.4. The molecule has 0 N–H and O–H groups in total. The third-order valence-electron chi connectivity index (χ3n) is 4.13. The first-order chi connectivity index (χ1) is 13.0. The molecule has 5 heteroatoms. The average molecular weight is 364 g/mol. The van der Waals surface area contributed by atoms with Gasteiger partial charge in [-0.05, 0) is 47.5 Å². The van der Waals surface area contributed by atoms with Crippen molar-refractivity contribution in [3.63, 3.8) is 0 Å². The fraction of sp³-hybridized carbons (Fsp3) is 0.182. The number of hydrogen-bond acceptors (Lipinski definition) is 5. The molecule has 0 heterocycles. The van der Waals surface area contributed by atoms with Crippen LogP contribution in [0.2, 0.25) is 0 Å². The lowest BCUT2D eigenvalue weighted by Crippen LogP contribution is -2.06. The van der Waals surface area contributed by atoms with Gasteiger partial charge in [-0.25, -0.2) is 0 Å². The molecule has 0 saturated heterocycles. The standard InChI is InChI=1S/C22H20O5/c1-4-21(23)27-19-9-8-15(13-20(19)26-3)12-18-17(22(18)24)11-14-6-5-7-16(10-14)25-2/h5-13H,4H2,1-3H3/b17-11-,18-12+. The van der Waals surface area contributed by atoms with Crippen molar-refractivity contribution in [2.24, 2.45) is 0 Å². The lowest BCUT2D eigenvalue weighted by atomic mass is 10.2. The molecule has 3 rings (SSSR count). The molecule has 0 unspecified atom stereocenters. The predicted molar refractivity (Wildman–Crippen MR) is 103 cm³/mol. The minimum absolute atomic E-state index is 0.0123. The Balaban J connectivity index is 1.92. The number of carbonyl (C=O) groups excluding carboxylic acids is 1. The summed E-state index contributed by atoms with van der Waals surface area (Å²) >= 11 is 0. The summed E-state index contributed by atoms with van der Waals surface area (Å²) in [5.74, 6) is 1.21. The van der Waals surface area contributed by atoms with Crippen LogP contribution in [0.5, 0.6) is 17.2 Å². The molecule has 0 bridgehead atoms. The Bertz CT molecular complexity index is 1100. The maximum absolute atomic E-state index is 12.1. The van der Waals surface area contributed by atoms with E-state index in [1.807, 2.05) is 30.3 Å². The second-order valence-electron chi connectivity index (χ2n) is 5.96. The van der Waals surface area contributed by atoms with E-state index in [0.29, 0.717) is 21.9 Å². The van der Waals surface area contributed by atoms with Crippen LogP contribution in [-0.2, 0) is 4.79 Å². The molecule has 0 atom stereocenters. The van der Waals surface area contributed by atoms with Crippen molar-refractivity contribution in [2.45, 2.75) is 13.3 Å². The van der Waals surface area contributed by atoms with Gasteiger partial charge in [-0.1, -0.05) is 25.1 Å². The van der Waals surface area contributed by atoms with Gasteiger partial charge < -0.3 is 14.2 Å². The topological polar surface area (TPSA) is 61.8 Å². The molecule has 5 nitrogen and oxygen atoms in total. The molecule has 0 aliphatic carbocycles. The van der Waals surface area contributed by atoms with Crippen molar-refractivity contribution in [3.8, 4) is 17.2 Å². The van der Waals surface area contributed by atoms with Crippen LogP contribution in [0.25, 0.3) is 12.2 Å². The Kier molecular flexibility index (Phi) is 5.41. The summed E-state index contributed by atoms with van der Waals surface area (Å²) in [4.78, 5) is 23.6. The van der Waals surface area contributed by atoms with E-state index in [-0.39, 0.29) is 17.8 Å². The van der Waals surface area contributed by atoms with E-state index in [1.165, 1.54) is 7.11 Å². The maximum atomic E-state index is 12.1. The Morgan fingerprint density at radius 2 is 1.63 bits per heavy atom. The molecule has 0 aliphatic heterocycles. The van der Waals surface area contributed by atoms with Crippen molar-refractivity contribution < 1.29 is 19.0 Å². The lowest BCUT2D eigenvalue weighted by molar-refractivity contribution is -0.134. The van der Waals surface area contributed by atoms with Gasteiger partial charge in [0.2, 0.25) is 0 Å². The average Bonchev–Trinajstić information content (AvgIpc) is 3.29. The van der Waals surface area contributed by atoms with E-state index in [1.54, 1.807) is 38.3 Å². The number of rotatable bonds is 6. The fourth-order valence-electron chi connectivity index (χ4n) is 2.60. The zero-order valence-corrected chi connectivity index (χ0v) is 15.4. The van der Waals surface area contributed by atoms with E-state index in [4.69, 9.17) is 14.2 Å². The molecule has 0 saturated carbocycles. The van der Waals surface area contributed by atoms with Crippen LogP contribution in [0.3, 0.4) is 0 Å². The first-order valence-corrected chi connectivity index (χ1v) is 8.57. The first-order valence-electron chi connectivity index (χ1n) is 8.57. The van der Waals surface area contributed by atoms with Crippen molar-refractivity contribution >= 4 is 18.1 Å². The predicted octanol–water partition coefficient (Wildman–Crippen LogP) is 1.91. The Morgan fingerprint density at radius 3 is 2.26 bits per heavy atom. The van der Waals surface area contributed by atoms with Crippen molar-refractivity contribution in [1.82, 2.24) is 0 Å². The number of hydrogen-bond donors (Lipinski definition) is 0. The number of esters is 1. The minimum atomic E-state index is -0.333. The van der Waals surface area contributed by atoms with Crippen LogP contribution < -0.4 is 30.1 Å². The molecule has 138 valence electrons. The van der Waals surface area contributed by atoms with Gasteiger partial charge in [0, 0.05) is 16.9 Å². The molecule has 0 radical (unpaired) electrons. The SMILES string of the molecule is CCC(=O)Oc1ccc(/C=c2/c(=O)/c2=C\c2cccc(OC)c2)cc1OC. The van der Waals surface area contributed by atoms with Gasteiger partial charge in [0.1, 0.15) is 5.75 Å². The van der Waals surface area contributed by atoms with Gasteiger partial charge in [-0.15, -0.1) is 0 Å². The van der Waals surface area contributed by atoms with Crippen LogP contribution in [0.15, 0.2) is 47.3 Å². The third-order valence-corrected chi connectivity index (χ3v) is 4.13. The molecular formula is C22H20O5. The second-order valence-corrected chi connectivity index (χ2v) is 5.96. The van der Waals surface area contributed by atoms with Crippen LogP contribution in [0.1, 0.15) is 24.5 Å². The molecule has 0 amide bonds. The molecule has 27 heavy (non-hydrogen) atoms. The van der Waals surface area contributed by atoms with Gasteiger partial charge in [-0.3, -0.25) is 9.59 Å². The van der Waals surface area contributed by atoms with Gasteiger partial charge in [-0.2, -0.15) is 0 Å². The Morgan fingerprint density at radius 1 is 0.926 bits per heavy atom. The summed E-state index contributed by atoms with van der Waals surface area (Å²) in [5, 5.41) is 1.32. The third kappa shape index (κ3) is 4.26. The highest BCUT2D eigenvalue weighted by molar-refractivity contribution is 5.73. The first kappa shape index (κ1) is 18.5. The van der Waals surface area contributed by atoms with E-state index in [2.05, 4.69) is 0 Å². The van der Waals surface area contributed by atoms with E-state index in [0.717, 1.165) is 16.9 Å². The minimum Gasteiger partial charge on any atom is -0.497 e. The zero-order valence-electron chi connectivity index (χ0n) is 15.4. The number of carbonyl (C=O) groups is 1. The highest BCUT2D eigenvalue weighted by Gasteiger charge is 2.11. The van der Waals surface area contributed by atoms with Gasteiger partial charge in [0.05, 0.1) is 14.2 Å². The molecule has 3 aromatic rings. The summed E-state index contributed by atoms with van der Waals surface area (Å²) in [7, 11) is 3.11. The lowest BCUT2D eigenvalue weighted by Gasteiger charge is -2.09. The van der Waals surface area contributed by atoms with Crippen molar-refractivity contribution in [2.75, 3.05) is 14.2 Å². The summed E-state index contributed by atoms with van der Waals surface area (Å²) < 4.78 is 15.7. The van der Waals surface area contributed by atoms with Gasteiger partial charge in [0.15, 0.2) is 16.9 Å². The van der Waals surface area contributed by atoms with Crippen LogP contribution >= 0.6 is 0 Å². The smallest absolute Gasteiger partial charge is 0.311 e. The highest BCUT2D eigenvalue weighted by atomic mass is 16.6. The van der Waals surface area contributed by atoms with Gasteiger partial charge >= 0.3 is 5.97 Å². The quantitative estimate of drug-likeness (QED) is 0.494. The monoisotopic (exact) mass is 364 g/mol. The molecule has 3 aromatic carbocycles. The van der Waals surface area contributed by atoms with E-state index in [9.17, 15) is 9.59 Å². The van der Waals surface area contributed by atoms with Crippen LogP contribution in [0.4, 0.5) is 0 Å². The molecule has 0 aliphatic rings. The van der Waals surface area contributed by atoms with E-state index >= 15 is 0 Å².